The molecule has 0 saturated carbocycles. The van der Waals surface area contributed by atoms with Gasteiger partial charge in [0.1, 0.15) is 5.75 Å². The molecule has 3 aromatic rings. The molecule has 0 atom stereocenters. The summed E-state index contributed by atoms with van der Waals surface area (Å²) < 4.78 is 7.20. The molecule has 2 heterocycles. The maximum atomic E-state index is 11.8. The average molecular weight is 344 g/mol. The fourth-order valence-electron chi connectivity index (χ4n) is 2.10. The number of carbonyl (C=O) groups excluding carboxylic acids is 2. The van der Waals surface area contributed by atoms with Crippen molar-refractivity contribution < 1.29 is 14.3 Å². The number of hydrogen-bond donors (Lipinski definition) is 2. The zero-order valence-corrected chi connectivity index (χ0v) is 13.8. The Balaban J connectivity index is 1.42. The van der Waals surface area contributed by atoms with Gasteiger partial charge < -0.3 is 4.74 Å². The van der Waals surface area contributed by atoms with Crippen LogP contribution < -0.4 is 15.6 Å². The van der Waals surface area contributed by atoms with E-state index in [0.29, 0.717) is 11.4 Å². The minimum absolute atomic E-state index is 0.0907. The summed E-state index contributed by atoms with van der Waals surface area (Å²) in [6.45, 7) is 1.76. The fourth-order valence-corrected chi connectivity index (χ4v) is 2.82. The summed E-state index contributed by atoms with van der Waals surface area (Å²) in [6.07, 6.45) is 3.75. The molecule has 0 radical (unpaired) electrons. The number of rotatable bonds is 5. The van der Waals surface area contributed by atoms with Crippen LogP contribution in [0.4, 0.5) is 0 Å². The number of hydrazine groups is 1. The van der Waals surface area contributed by atoms with Crippen molar-refractivity contribution >= 4 is 28.1 Å². The number of imidazole rings is 1. The summed E-state index contributed by atoms with van der Waals surface area (Å²) in [4.78, 5) is 28.6. The van der Waals surface area contributed by atoms with E-state index < -0.39 is 5.91 Å². The Bertz CT molecular complexity index is 842. The number of amides is 2. The predicted molar refractivity (Wildman–Crippen MR) is 89.7 cm³/mol. The molecule has 0 aliphatic heterocycles. The van der Waals surface area contributed by atoms with E-state index in [1.54, 1.807) is 12.3 Å². The van der Waals surface area contributed by atoms with E-state index in [0.717, 1.165) is 10.5 Å². The van der Waals surface area contributed by atoms with E-state index >= 15 is 0 Å². The molecule has 2 amide bonds. The van der Waals surface area contributed by atoms with E-state index in [2.05, 4.69) is 15.8 Å². The maximum Gasteiger partial charge on any atom is 0.276 e. The lowest BCUT2D eigenvalue weighted by Gasteiger charge is -2.08. The quantitative estimate of drug-likeness (QED) is 0.687. The van der Waals surface area contributed by atoms with Crippen molar-refractivity contribution in [3.63, 3.8) is 0 Å². The van der Waals surface area contributed by atoms with Gasteiger partial charge in [0.2, 0.25) is 5.91 Å². The van der Waals surface area contributed by atoms with E-state index in [-0.39, 0.29) is 18.9 Å². The molecule has 0 saturated heterocycles. The van der Waals surface area contributed by atoms with Gasteiger partial charge in [-0.05, 0) is 24.6 Å². The Hall–Kier alpha value is -2.87. The Kier molecular flexibility index (Phi) is 4.76. The Morgan fingerprint density at radius 3 is 2.92 bits per heavy atom. The van der Waals surface area contributed by atoms with Gasteiger partial charge >= 0.3 is 0 Å². The first-order chi connectivity index (χ1) is 11.6. The molecule has 0 aliphatic carbocycles. The topological polar surface area (TPSA) is 84.7 Å². The Morgan fingerprint density at radius 2 is 2.12 bits per heavy atom. The van der Waals surface area contributed by atoms with E-state index in [1.807, 2.05) is 41.1 Å². The van der Waals surface area contributed by atoms with Crippen LogP contribution in [0.25, 0.3) is 4.96 Å². The number of benzene rings is 1. The first-order valence-corrected chi connectivity index (χ1v) is 8.16. The van der Waals surface area contributed by atoms with Crippen molar-refractivity contribution in [3.8, 4) is 5.75 Å². The van der Waals surface area contributed by atoms with E-state index in [1.165, 1.54) is 11.3 Å². The highest BCUT2D eigenvalue weighted by molar-refractivity contribution is 7.15. The van der Waals surface area contributed by atoms with Crippen LogP contribution in [0.5, 0.6) is 5.75 Å². The molecular weight excluding hydrogens is 328 g/mol. The first kappa shape index (κ1) is 16.0. The number of ether oxygens (including phenoxy) is 1. The SMILES string of the molecule is Cc1cccc(OCC(=O)NNC(=O)Cc2cn3ccsc3n2)c1. The highest BCUT2D eigenvalue weighted by Crippen LogP contribution is 2.12. The van der Waals surface area contributed by atoms with Crippen LogP contribution in [-0.4, -0.2) is 27.8 Å². The van der Waals surface area contributed by atoms with Crippen LogP contribution >= 0.6 is 11.3 Å². The molecule has 0 spiro atoms. The number of hydrogen-bond acceptors (Lipinski definition) is 5. The fraction of sp³-hybridized carbons (Fsp3) is 0.188. The van der Waals surface area contributed by atoms with E-state index in [4.69, 9.17) is 4.74 Å². The number of aryl methyl sites for hydroxylation is 1. The van der Waals surface area contributed by atoms with Gasteiger partial charge in [-0.2, -0.15) is 0 Å². The van der Waals surface area contributed by atoms with Crippen molar-refractivity contribution in [2.24, 2.45) is 0 Å². The summed E-state index contributed by atoms with van der Waals surface area (Å²) in [5.41, 5.74) is 6.36. The number of fused-ring (bicyclic) bond motifs is 1. The van der Waals surface area contributed by atoms with Gasteiger partial charge in [0.15, 0.2) is 11.6 Å². The summed E-state index contributed by atoms with van der Waals surface area (Å²) in [5.74, 6) is -0.171. The van der Waals surface area contributed by atoms with Crippen molar-refractivity contribution in [2.75, 3.05) is 6.61 Å². The van der Waals surface area contributed by atoms with Crippen molar-refractivity contribution in [1.82, 2.24) is 20.2 Å². The Morgan fingerprint density at radius 1 is 1.29 bits per heavy atom. The molecule has 8 heteroatoms. The number of aromatic nitrogens is 2. The number of nitrogens with one attached hydrogen (secondary N) is 2. The van der Waals surface area contributed by atoms with Gasteiger partial charge in [-0.3, -0.25) is 24.8 Å². The highest BCUT2D eigenvalue weighted by atomic mass is 32.1. The molecule has 2 N–H and O–H groups in total. The molecule has 1 aromatic carbocycles. The molecule has 124 valence electrons. The molecule has 0 fully saturated rings. The van der Waals surface area contributed by atoms with Gasteiger partial charge in [-0.1, -0.05) is 12.1 Å². The van der Waals surface area contributed by atoms with Gasteiger partial charge in [-0.15, -0.1) is 11.3 Å². The van der Waals surface area contributed by atoms with Gasteiger partial charge in [-0.25, -0.2) is 4.98 Å². The number of carbonyl (C=O) groups is 2. The molecule has 0 bridgehead atoms. The van der Waals surface area contributed by atoms with Crippen LogP contribution in [0, 0.1) is 6.92 Å². The normalized spacial score (nSPS) is 10.5. The summed E-state index contributed by atoms with van der Waals surface area (Å²) in [5, 5.41) is 1.92. The molecule has 3 rings (SSSR count). The third-order valence-electron chi connectivity index (χ3n) is 3.19. The maximum absolute atomic E-state index is 11.8. The average Bonchev–Trinajstić information content (AvgIpc) is 3.12. The third-order valence-corrected chi connectivity index (χ3v) is 3.96. The monoisotopic (exact) mass is 344 g/mol. The second-order valence-corrected chi connectivity index (χ2v) is 6.08. The largest absolute Gasteiger partial charge is 0.484 e. The number of thiazole rings is 1. The lowest BCUT2D eigenvalue weighted by Crippen LogP contribution is -2.44. The smallest absolute Gasteiger partial charge is 0.276 e. The second-order valence-electron chi connectivity index (χ2n) is 5.20. The summed E-state index contributed by atoms with van der Waals surface area (Å²) >= 11 is 1.49. The first-order valence-electron chi connectivity index (χ1n) is 7.28. The van der Waals surface area contributed by atoms with Crippen LogP contribution in [0.1, 0.15) is 11.3 Å². The van der Waals surface area contributed by atoms with Gasteiger partial charge in [0, 0.05) is 17.8 Å². The molecule has 0 aliphatic rings. The second kappa shape index (κ2) is 7.14. The molecular formula is C16H16N4O3S. The van der Waals surface area contributed by atoms with Crippen molar-refractivity contribution in [2.45, 2.75) is 13.3 Å². The predicted octanol–water partition coefficient (Wildman–Crippen LogP) is 1.47. The standard InChI is InChI=1S/C16H16N4O3S/c1-11-3-2-4-13(7-11)23-10-15(22)19-18-14(21)8-12-9-20-5-6-24-16(20)17-12/h2-7,9H,8,10H2,1H3,(H,18,21)(H,19,22). The van der Waals surface area contributed by atoms with E-state index in [9.17, 15) is 9.59 Å². The third kappa shape index (κ3) is 4.11. The van der Waals surface area contributed by atoms with Crippen LogP contribution in [0.2, 0.25) is 0 Å². The molecule has 24 heavy (non-hydrogen) atoms. The van der Waals surface area contributed by atoms with Crippen molar-refractivity contribution in [1.29, 1.82) is 0 Å². The zero-order valence-electron chi connectivity index (χ0n) is 13.0. The van der Waals surface area contributed by atoms with Gasteiger partial charge in [0.25, 0.3) is 5.91 Å². The molecule has 0 unspecified atom stereocenters. The summed E-state index contributed by atoms with van der Waals surface area (Å²) in [6, 6.07) is 7.38. The molecule has 7 nitrogen and oxygen atoms in total. The molecule has 2 aromatic heterocycles. The van der Waals surface area contributed by atoms with Crippen LogP contribution in [0.15, 0.2) is 42.0 Å². The number of nitrogens with zero attached hydrogens (tertiary/aromatic N) is 2. The minimum Gasteiger partial charge on any atom is -0.484 e. The van der Waals surface area contributed by atoms with Crippen molar-refractivity contribution in [3.05, 3.63) is 53.3 Å². The van der Waals surface area contributed by atoms with Crippen LogP contribution in [0.3, 0.4) is 0 Å². The zero-order chi connectivity index (χ0) is 16.9. The lowest BCUT2D eigenvalue weighted by molar-refractivity contribution is -0.129. The van der Waals surface area contributed by atoms with Crippen LogP contribution in [-0.2, 0) is 16.0 Å². The highest BCUT2D eigenvalue weighted by Gasteiger charge is 2.10. The summed E-state index contributed by atoms with van der Waals surface area (Å²) in [7, 11) is 0. The Labute approximate surface area is 142 Å². The lowest BCUT2D eigenvalue weighted by atomic mass is 10.2. The minimum atomic E-state index is -0.435. The van der Waals surface area contributed by atoms with Gasteiger partial charge in [0.05, 0.1) is 12.1 Å².